The van der Waals surface area contributed by atoms with Crippen LogP contribution in [0.4, 0.5) is 5.69 Å². The summed E-state index contributed by atoms with van der Waals surface area (Å²) in [6.07, 6.45) is 3.92. The van der Waals surface area contributed by atoms with E-state index >= 15 is 0 Å². The lowest BCUT2D eigenvalue weighted by molar-refractivity contribution is -0.384. The highest BCUT2D eigenvalue weighted by atomic mass is 32.2. The van der Waals surface area contributed by atoms with Crippen molar-refractivity contribution < 1.29 is 4.92 Å². The van der Waals surface area contributed by atoms with Crippen LogP contribution in [0, 0.1) is 10.1 Å². The molecule has 2 aromatic carbocycles. The number of benzene rings is 2. The molecule has 0 N–H and O–H groups in total. The number of hydrogen-bond acceptors (Lipinski definition) is 6. The van der Waals surface area contributed by atoms with Crippen molar-refractivity contribution in [3.05, 3.63) is 86.3 Å². The van der Waals surface area contributed by atoms with Gasteiger partial charge in [-0.2, -0.15) is 4.68 Å². The first-order valence-electron chi connectivity index (χ1n) is 11.0. The molecule has 0 spiro atoms. The van der Waals surface area contributed by atoms with E-state index in [2.05, 4.69) is 9.67 Å². The van der Waals surface area contributed by atoms with Crippen molar-refractivity contribution in [3.8, 4) is 17.1 Å². The molecule has 0 bridgehead atoms. The van der Waals surface area contributed by atoms with E-state index in [0.29, 0.717) is 17.1 Å². The van der Waals surface area contributed by atoms with Crippen LogP contribution in [0.2, 0.25) is 0 Å². The Bertz CT molecular complexity index is 1350. The smallest absolute Gasteiger partial charge is 0.284 e. The minimum atomic E-state index is -0.377. The number of non-ortho nitro benzene ring substituents is 1. The van der Waals surface area contributed by atoms with Gasteiger partial charge in [0.1, 0.15) is 5.56 Å². The van der Waals surface area contributed by atoms with Gasteiger partial charge in [-0.25, -0.2) is 4.98 Å². The van der Waals surface area contributed by atoms with Crippen molar-refractivity contribution in [2.24, 2.45) is 0 Å². The zero-order chi connectivity index (χ0) is 22.9. The Kier molecular flexibility index (Phi) is 5.72. The average molecular weight is 462 g/mol. The molecule has 33 heavy (non-hydrogen) atoms. The number of fused-ring (bicyclic) bond motifs is 3. The lowest BCUT2D eigenvalue weighted by Gasteiger charge is -2.20. The third-order valence-electron chi connectivity index (χ3n) is 6.00. The van der Waals surface area contributed by atoms with Gasteiger partial charge in [0.2, 0.25) is 0 Å². The molecule has 0 amide bonds. The van der Waals surface area contributed by atoms with Crippen molar-refractivity contribution >= 4 is 17.4 Å². The van der Waals surface area contributed by atoms with Gasteiger partial charge in [0, 0.05) is 29.6 Å². The molecule has 0 saturated carbocycles. The van der Waals surface area contributed by atoms with E-state index in [1.54, 1.807) is 23.9 Å². The summed E-state index contributed by atoms with van der Waals surface area (Å²) in [5, 5.41) is 16.5. The van der Waals surface area contributed by atoms with Gasteiger partial charge in [-0.15, -0.1) is 5.10 Å². The molecule has 0 aromatic heterocycles. The van der Waals surface area contributed by atoms with E-state index in [9.17, 15) is 14.9 Å². The van der Waals surface area contributed by atoms with Crippen LogP contribution in [0.15, 0.2) is 64.5 Å². The first-order chi connectivity index (χ1) is 16.0. The Morgan fingerprint density at radius 2 is 1.91 bits per heavy atom. The minimum Gasteiger partial charge on any atom is -0.324 e. The second kappa shape index (κ2) is 8.82. The fourth-order valence-corrected chi connectivity index (χ4v) is 5.37. The van der Waals surface area contributed by atoms with Gasteiger partial charge < -0.3 is 4.57 Å². The first-order valence-corrected chi connectivity index (χ1v) is 11.9. The molecule has 0 fully saturated rings. The number of nitro benzene ring substituents is 1. The van der Waals surface area contributed by atoms with Gasteiger partial charge in [0.15, 0.2) is 11.0 Å². The second-order valence-electron chi connectivity index (χ2n) is 8.17. The number of rotatable bonds is 5. The normalized spacial score (nSPS) is 14.6. The van der Waals surface area contributed by atoms with Crippen LogP contribution in [0.25, 0.3) is 17.1 Å². The molecule has 9 heteroatoms. The molecule has 2 aromatic rings. The van der Waals surface area contributed by atoms with Crippen molar-refractivity contribution in [2.75, 3.05) is 0 Å². The van der Waals surface area contributed by atoms with Crippen LogP contribution < -0.4 is 5.56 Å². The van der Waals surface area contributed by atoms with Gasteiger partial charge >= 0.3 is 0 Å². The van der Waals surface area contributed by atoms with E-state index in [-0.39, 0.29) is 21.4 Å². The van der Waals surface area contributed by atoms with Gasteiger partial charge in [-0.1, -0.05) is 48.5 Å². The molecular weight excluding hydrogens is 438 g/mol. The Balaban J connectivity index is 1.61. The Morgan fingerprint density at radius 1 is 1.09 bits per heavy atom. The first kappa shape index (κ1) is 21.4. The molecule has 0 saturated heterocycles. The number of nitrogens with zero attached hydrogens (tertiary/aromatic N) is 5. The quantitative estimate of drug-likeness (QED) is 0.179. The summed E-state index contributed by atoms with van der Waals surface area (Å²) in [5.41, 5.74) is 3.09. The van der Waals surface area contributed by atoms with E-state index < -0.39 is 0 Å². The standard InChI is InChI=1S/C24H23N5O3S/c1-16(17-9-8-12-19(15-17)29(31)32)33-24-25-22-21(20-13-6-3-7-14-27(20)24)23(30)28(26-22)18-10-4-2-5-11-18/h2,4-5,8-12,15-16H,3,6-7,13-14H2,1H3. The monoisotopic (exact) mass is 461 g/mol. The van der Waals surface area contributed by atoms with Crippen LogP contribution in [0.5, 0.6) is 0 Å². The predicted octanol–water partition coefficient (Wildman–Crippen LogP) is 5.02. The van der Waals surface area contributed by atoms with Crippen molar-refractivity contribution in [1.82, 2.24) is 19.3 Å². The molecule has 168 valence electrons. The number of nitro groups is 1. The summed E-state index contributed by atoms with van der Waals surface area (Å²) >= 11 is 1.54. The van der Waals surface area contributed by atoms with E-state index in [0.717, 1.165) is 48.6 Å². The van der Waals surface area contributed by atoms with E-state index in [1.807, 2.05) is 43.3 Å². The van der Waals surface area contributed by atoms with Gasteiger partial charge in [0.25, 0.3) is 11.2 Å². The second-order valence-corrected chi connectivity index (χ2v) is 9.47. The summed E-state index contributed by atoms with van der Waals surface area (Å²) in [6.45, 7) is 2.80. The molecule has 5 rings (SSSR count). The number of para-hydroxylation sites is 1. The maximum Gasteiger partial charge on any atom is 0.284 e. The van der Waals surface area contributed by atoms with E-state index in [4.69, 9.17) is 4.98 Å². The molecule has 3 aliphatic heterocycles. The molecule has 0 aliphatic carbocycles. The van der Waals surface area contributed by atoms with Gasteiger partial charge in [-0.05, 0) is 43.9 Å². The third kappa shape index (κ3) is 4.04. The summed E-state index contributed by atoms with van der Waals surface area (Å²) in [7, 11) is 0. The highest BCUT2D eigenvalue weighted by Crippen LogP contribution is 2.38. The van der Waals surface area contributed by atoms with Crippen LogP contribution >= 0.6 is 11.8 Å². The molecule has 0 radical (unpaired) electrons. The fourth-order valence-electron chi connectivity index (χ4n) is 4.31. The molecule has 1 atom stereocenters. The zero-order valence-corrected chi connectivity index (χ0v) is 19.0. The number of aromatic nitrogens is 4. The Labute approximate surface area is 194 Å². The Hall–Kier alpha value is -3.46. The maximum atomic E-state index is 13.3. The minimum absolute atomic E-state index is 0.0577. The lowest BCUT2D eigenvalue weighted by atomic mass is 10.1. The van der Waals surface area contributed by atoms with Crippen molar-refractivity contribution in [2.45, 2.75) is 49.6 Å². The molecule has 3 heterocycles. The molecule has 1 unspecified atom stereocenters. The topological polar surface area (TPSA) is 95.8 Å². The molecule has 8 nitrogen and oxygen atoms in total. The van der Waals surface area contributed by atoms with E-state index in [1.165, 1.54) is 10.7 Å². The third-order valence-corrected chi connectivity index (χ3v) is 7.15. The van der Waals surface area contributed by atoms with Crippen LogP contribution in [-0.2, 0) is 13.0 Å². The van der Waals surface area contributed by atoms with Crippen LogP contribution in [-0.4, -0.2) is 24.3 Å². The Morgan fingerprint density at radius 3 is 2.70 bits per heavy atom. The average Bonchev–Trinajstić information content (AvgIpc) is 2.99. The fraction of sp³-hybridized carbons (Fsp3) is 0.292. The highest BCUT2D eigenvalue weighted by Gasteiger charge is 2.28. The summed E-state index contributed by atoms with van der Waals surface area (Å²) in [6, 6.07) is 16.1. The zero-order valence-electron chi connectivity index (χ0n) is 18.2. The highest BCUT2D eigenvalue weighted by molar-refractivity contribution is 7.99. The summed E-state index contributed by atoms with van der Waals surface area (Å²) < 4.78 is 3.59. The van der Waals surface area contributed by atoms with Gasteiger partial charge in [-0.3, -0.25) is 14.9 Å². The SMILES string of the molecule is CC(Sc1nc2nn(-c3ccccc3)c(=O)c-2c2n1CCCCC2)c1cccc([N+](=O)[O-])c1. The number of thioether (sulfide) groups is 1. The number of hydrogen-bond donors (Lipinski definition) is 0. The van der Waals surface area contributed by atoms with Crippen LogP contribution in [0.3, 0.4) is 0 Å². The van der Waals surface area contributed by atoms with Crippen molar-refractivity contribution in [3.63, 3.8) is 0 Å². The predicted molar refractivity (Wildman–Crippen MR) is 127 cm³/mol. The lowest BCUT2D eigenvalue weighted by Crippen LogP contribution is -2.19. The largest absolute Gasteiger partial charge is 0.324 e. The molecular formula is C24H23N5O3S. The van der Waals surface area contributed by atoms with Crippen molar-refractivity contribution in [1.29, 1.82) is 0 Å². The summed E-state index contributed by atoms with van der Waals surface area (Å²) in [4.78, 5) is 29.0. The van der Waals surface area contributed by atoms with Crippen LogP contribution in [0.1, 0.15) is 42.7 Å². The summed E-state index contributed by atoms with van der Waals surface area (Å²) in [5.74, 6) is 0.450. The van der Waals surface area contributed by atoms with Gasteiger partial charge in [0.05, 0.1) is 10.6 Å². The molecule has 3 aliphatic rings. The maximum absolute atomic E-state index is 13.3.